The summed E-state index contributed by atoms with van der Waals surface area (Å²) < 4.78 is 1.17. The summed E-state index contributed by atoms with van der Waals surface area (Å²) in [4.78, 5) is 0. The maximum atomic E-state index is 3.71. The molecule has 0 aromatic heterocycles. The number of hydrogen-bond acceptors (Lipinski definition) is 1. The molecule has 0 bridgehead atoms. The summed E-state index contributed by atoms with van der Waals surface area (Å²) in [5.41, 5.74) is 5.31. The number of rotatable bonds is 6. The van der Waals surface area contributed by atoms with Gasteiger partial charge in [0.1, 0.15) is 0 Å². The standard InChI is InChI=1S/C19H24BrN/c1-4-6-15-8-10-16(11-9-15)19(21-5-2)17-12-7-14(3)13-18(17)20/h7-13,19,21H,4-6H2,1-3H3. The Morgan fingerprint density at radius 3 is 2.33 bits per heavy atom. The maximum Gasteiger partial charge on any atom is 0.0587 e. The average molecular weight is 346 g/mol. The fourth-order valence-corrected chi connectivity index (χ4v) is 3.37. The van der Waals surface area contributed by atoms with E-state index in [9.17, 15) is 0 Å². The van der Waals surface area contributed by atoms with Crippen LogP contribution in [0.15, 0.2) is 46.9 Å². The molecule has 0 aliphatic carbocycles. The van der Waals surface area contributed by atoms with Crippen molar-refractivity contribution < 1.29 is 0 Å². The highest BCUT2D eigenvalue weighted by Crippen LogP contribution is 2.29. The van der Waals surface area contributed by atoms with E-state index < -0.39 is 0 Å². The second-order valence-corrected chi connectivity index (χ2v) is 6.36. The van der Waals surface area contributed by atoms with E-state index in [0.29, 0.717) is 0 Å². The van der Waals surface area contributed by atoms with E-state index in [2.05, 4.69) is 84.5 Å². The van der Waals surface area contributed by atoms with Gasteiger partial charge in [-0.25, -0.2) is 0 Å². The van der Waals surface area contributed by atoms with Crippen LogP contribution in [-0.4, -0.2) is 6.54 Å². The Hall–Kier alpha value is -1.12. The molecule has 0 saturated heterocycles. The van der Waals surface area contributed by atoms with Gasteiger partial charge in [-0.05, 0) is 48.2 Å². The second-order valence-electron chi connectivity index (χ2n) is 5.51. The Bertz CT molecular complexity index is 575. The van der Waals surface area contributed by atoms with Crippen LogP contribution in [0.4, 0.5) is 0 Å². The molecule has 112 valence electrons. The smallest absolute Gasteiger partial charge is 0.0587 e. The number of nitrogens with one attached hydrogen (secondary N) is 1. The van der Waals surface area contributed by atoms with E-state index >= 15 is 0 Å². The van der Waals surface area contributed by atoms with E-state index in [1.54, 1.807) is 0 Å². The van der Waals surface area contributed by atoms with Gasteiger partial charge in [-0.15, -0.1) is 0 Å². The van der Waals surface area contributed by atoms with Gasteiger partial charge >= 0.3 is 0 Å². The lowest BCUT2D eigenvalue weighted by Crippen LogP contribution is -2.22. The molecule has 0 aliphatic rings. The van der Waals surface area contributed by atoms with E-state index in [-0.39, 0.29) is 6.04 Å². The van der Waals surface area contributed by atoms with Gasteiger partial charge in [0.05, 0.1) is 6.04 Å². The third kappa shape index (κ3) is 4.18. The third-order valence-corrected chi connectivity index (χ3v) is 4.41. The Kier molecular flexibility index (Phi) is 6.01. The second kappa shape index (κ2) is 7.77. The summed E-state index contributed by atoms with van der Waals surface area (Å²) in [5, 5.41) is 3.60. The van der Waals surface area contributed by atoms with Crippen LogP contribution in [0.1, 0.15) is 48.6 Å². The van der Waals surface area contributed by atoms with Crippen molar-refractivity contribution in [1.29, 1.82) is 0 Å². The van der Waals surface area contributed by atoms with Gasteiger partial charge in [0.2, 0.25) is 0 Å². The van der Waals surface area contributed by atoms with E-state index in [1.165, 1.54) is 33.1 Å². The fourth-order valence-electron chi connectivity index (χ4n) is 2.64. The van der Waals surface area contributed by atoms with Crippen molar-refractivity contribution in [2.24, 2.45) is 0 Å². The summed E-state index contributed by atoms with van der Waals surface area (Å²) in [7, 11) is 0. The summed E-state index contributed by atoms with van der Waals surface area (Å²) in [6, 6.07) is 15.8. The maximum absolute atomic E-state index is 3.71. The highest BCUT2D eigenvalue weighted by atomic mass is 79.9. The van der Waals surface area contributed by atoms with Crippen LogP contribution in [-0.2, 0) is 6.42 Å². The van der Waals surface area contributed by atoms with Crippen LogP contribution in [0.2, 0.25) is 0 Å². The molecule has 0 radical (unpaired) electrons. The average Bonchev–Trinajstić information content (AvgIpc) is 2.47. The van der Waals surface area contributed by atoms with Crippen molar-refractivity contribution >= 4 is 15.9 Å². The molecule has 2 aromatic carbocycles. The summed E-state index contributed by atoms with van der Waals surface area (Å²) in [5.74, 6) is 0. The van der Waals surface area contributed by atoms with Crippen LogP contribution < -0.4 is 5.32 Å². The van der Waals surface area contributed by atoms with Crippen LogP contribution in [0.25, 0.3) is 0 Å². The normalized spacial score (nSPS) is 12.4. The van der Waals surface area contributed by atoms with Crippen molar-refractivity contribution in [2.75, 3.05) is 6.54 Å². The molecule has 0 spiro atoms. The minimum Gasteiger partial charge on any atom is -0.306 e. The molecule has 1 nitrogen and oxygen atoms in total. The monoisotopic (exact) mass is 345 g/mol. The molecule has 0 amide bonds. The van der Waals surface area contributed by atoms with Gasteiger partial charge < -0.3 is 5.32 Å². The molecule has 1 atom stereocenters. The van der Waals surface area contributed by atoms with Crippen LogP contribution in [0.3, 0.4) is 0 Å². The van der Waals surface area contributed by atoms with Crippen molar-refractivity contribution in [2.45, 2.75) is 39.7 Å². The molecule has 0 heterocycles. The topological polar surface area (TPSA) is 12.0 Å². The van der Waals surface area contributed by atoms with Crippen molar-refractivity contribution in [3.05, 3.63) is 69.2 Å². The summed E-state index contributed by atoms with van der Waals surface area (Å²) in [6.45, 7) is 7.44. The lowest BCUT2D eigenvalue weighted by molar-refractivity contribution is 0.628. The first-order chi connectivity index (χ1) is 10.2. The van der Waals surface area contributed by atoms with E-state index in [4.69, 9.17) is 0 Å². The first kappa shape index (κ1) is 16.3. The first-order valence-electron chi connectivity index (χ1n) is 7.74. The molecule has 0 fully saturated rings. The van der Waals surface area contributed by atoms with Gasteiger partial charge in [0.25, 0.3) is 0 Å². The molecular weight excluding hydrogens is 322 g/mol. The van der Waals surface area contributed by atoms with Gasteiger partial charge in [-0.2, -0.15) is 0 Å². The number of aryl methyl sites for hydroxylation is 2. The van der Waals surface area contributed by atoms with Crippen molar-refractivity contribution in [3.63, 3.8) is 0 Å². The molecule has 0 aliphatic heterocycles. The first-order valence-corrected chi connectivity index (χ1v) is 8.53. The molecule has 2 heteroatoms. The quantitative estimate of drug-likeness (QED) is 0.737. The number of hydrogen-bond donors (Lipinski definition) is 1. The summed E-state index contributed by atoms with van der Waals surface area (Å²) in [6.07, 6.45) is 2.35. The van der Waals surface area contributed by atoms with Gasteiger partial charge in [-0.3, -0.25) is 0 Å². The zero-order valence-corrected chi connectivity index (χ0v) is 14.7. The van der Waals surface area contributed by atoms with Gasteiger partial charge in [0.15, 0.2) is 0 Å². The van der Waals surface area contributed by atoms with E-state index in [0.717, 1.165) is 13.0 Å². The zero-order chi connectivity index (χ0) is 15.2. The number of benzene rings is 2. The number of halogens is 1. The van der Waals surface area contributed by atoms with Crippen molar-refractivity contribution in [3.8, 4) is 0 Å². The van der Waals surface area contributed by atoms with Crippen LogP contribution in [0, 0.1) is 6.92 Å². The molecule has 2 aromatic rings. The zero-order valence-electron chi connectivity index (χ0n) is 13.1. The van der Waals surface area contributed by atoms with Crippen molar-refractivity contribution in [1.82, 2.24) is 5.32 Å². The Balaban J connectivity index is 2.33. The lowest BCUT2D eigenvalue weighted by Gasteiger charge is -2.21. The molecule has 1 N–H and O–H groups in total. The molecule has 2 rings (SSSR count). The third-order valence-electron chi connectivity index (χ3n) is 3.73. The van der Waals surface area contributed by atoms with Gasteiger partial charge in [-0.1, -0.05) is 72.6 Å². The SMILES string of the molecule is CCCc1ccc(C(NCC)c2ccc(C)cc2Br)cc1. The molecule has 1 unspecified atom stereocenters. The Morgan fingerprint density at radius 2 is 1.76 bits per heavy atom. The van der Waals surface area contributed by atoms with Crippen LogP contribution >= 0.6 is 15.9 Å². The largest absolute Gasteiger partial charge is 0.306 e. The van der Waals surface area contributed by atoms with Crippen LogP contribution in [0.5, 0.6) is 0 Å². The lowest BCUT2D eigenvalue weighted by atomic mass is 9.96. The highest BCUT2D eigenvalue weighted by molar-refractivity contribution is 9.10. The molecule has 21 heavy (non-hydrogen) atoms. The molecular formula is C19H24BrN. The van der Waals surface area contributed by atoms with E-state index in [1.807, 2.05) is 0 Å². The molecule has 0 saturated carbocycles. The predicted molar refractivity (Wildman–Crippen MR) is 94.8 cm³/mol. The predicted octanol–water partition coefficient (Wildman–Crippen LogP) is 5.41. The Morgan fingerprint density at radius 1 is 1.05 bits per heavy atom. The highest BCUT2D eigenvalue weighted by Gasteiger charge is 2.15. The summed E-state index contributed by atoms with van der Waals surface area (Å²) >= 11 is 3.71. The minimum atomic E-state index is 0.237. The Labute approximate surface area is 136 Å². The van der Waals surface area contributed by atoms with Gasteiger partial charge in [0, 0.05) is 4.47 Å². The minimum absolute atomic E-state index is 0.237. The fraction of sp³-hybridized carbons (Fsp3) is 0.368.